The monoisotopic (exact) mass is 442 g/mol. The van der Waals surface area contributed by atoms with Gasteiger partial charge in [-0.25, -0.2) is 8.42 Å². The molecule has 3 aromatic carbocycles. The lowest BCUT2D eigenvalue weighted by Gasteiger charge is -2.19. The number of sulfonamides is 1. The number of aryl methyl sites for hydroxylation is 1. The third kappa shape index (κ3) is 5.40. The maximum Gasteiger partial charge on any atom is 0.264 e. The van der Waals surface area contributed by atoms with E-state index in [0.29, 0.717) is 22.8 Å². The molecule has 1 N–H and O–H groups in total. The molecule has 30 heavy (non-hydrogen) atoms. The van der Waals surface area contributed by atoms with Gasteiger partial charge in [-0.15, -0.1) is 0 Å². The Hall–Kier alpha value is -2.83. The minimum absolute atomic E-state index is 0.189. The fourth-order valence-electron chi connectivity index (χ4n) is 2.96. The lowest BCUT2D eigenvalue weighted by Crippen LogP contribution is -2.27. The van der Waals surface area contributed by atoms with Crippen LogP contribution in [0.25, 0.3) is 0 Å². The van der Waals surface area contributed by atoms with Crippen molar-refractivity contribution in [2.24, 2.45) is 0 Å². The van der Waals surface area contributed by atoms with Crippen LogP contribution in [0.5, 0.6) is 0 Å². The zero-order chi connectivity index (χ0) is 21.6. The van der Waals surface area contributed by atoms with Crippen LogP contribution in [-0.2, 0) is 16.4 Å². The number of halogens is 1. The summed E-state index contributed by atoms with van der Waals surface area (Å²) in [5.41, 5.74) is 2.13. The summed E-state index contributed by atoms with van der Waals surface area (Å²) in [6, 6.07) is 22.4. The Balaban J connectivity index is 1.55. The van der Waals surface area contributed by atoms with Gasteiger partial charge in [0.05, 0.1) is 10.6 Å². The third-order valence-corrected chi connectivity index (χ3v) is 6.79. The first-order chi connectivity index (χ1) is 14.4. The van der Waals surface area contributed by atoms with E-state index in [0.717, 1.165) is 12.8 Å². The molecule has 0 aliphatic heterocycles. The topological polar surface area (TPSA) is 66.5 Å². The summed E-state index contributed by atoms with van der Waals surface area (Å²) in [4.78, 5) is 12.6. The summed E-state index contributed by atoms with van der Waals surface area (Å²) in [6.45, 7) is 0.547. The molecular formula is C23H23ClN2O3S. The highest BCUT2D eigenvalue weighted by Crippen LogP contribution is 2.22. The number of nitrogens with one attached hydrogen (secondary N) is 1. The van der Waals surface area contributed by atoms with E-state index in [2.05, 4.69) is 5.32 Å². The van der Waals surface area contributed by atoms with E-state index in [1.54, 1.807) is 54.6 Å². The SMILES string of the molecule is CN(c1ccc(C(=O)NCCCc2ccc(Cl)cc2)cc1)S(=O)(=O)c1ccccc1. The van der Waals surface area contributed by atoms with Gasteiger partial charge in [0.15, 0.2) is 0 Å². The first kappa shape index (κ1) is 21.9. The van der Waals surface area contributed by atoms with Crippen LogP contribution < -0.4 is 9.62 Å². The van der Waals surface area contributed by atoms with Gasteiger partial charge in [0, 0.05) is 24.2 Å². The molecule has 0 bridgehead atoms. The molecule has 3 aromatic rings. The number of rotatable bonds is 8. The van der Waals surface area contributed by atoms with Crippen molar-refractivity contribution in [2.75, 3.05) is 17.9 Å². The first-order valence-electron chi connectivity index (χ1n) is 9.54. The van der Waals surface area contributed by atoms with Crippen LogP contribution in [-0.4, -0.2) is 27.9 Å². The highest BCUT2D eigenvalue weighted by molar-refractivity contribution is 7.92. The van der Waals surface area contributed by atoms with Crippen LogP contribution >= 0.6 is 11.6 Å². The van der Waals surface area contributed by atoms with Crippen molar-refractivity contribution in [2.45, 2.75) is 17.7 Å². The maximum absolute atomic E-state index is 12.7. The van der Waals surface area contributed by atoms with Gasteiger partial charge in [0.1, 0.15) is 0 Å². The third-order valence-electron chi connectivity index (χ3n) is 4.74. The second-order valence-electron chi connectivity index (χ2n) is 6.82. The minimum Gasteiger partial charge on any atom is -0.352 e. The van der Waals surface area contributed by atoms with E-state index >= 15 is 0 Å². The quantitative estimate of drug-likeness (QED) is 0.521. The molecule has 5 nitrogen and oxygen atoms in total. The van der Waals surface area contributed by atoms with Gasteiger partial charge >= 0.3 is 0 Å². The second kappa shape index (κ2) is 9.78. The van der Waals surface area contributed by atoms with E-state index in [-0.39, 0.29) is 10.8 Å². The largest absolute Gasteiger partial charge is 0.352 e. The van der Waals surface area contributed by atoms with Gasteiger partial charge in [0.25, 0.3) is 15.9 Å². The molecule has 3 rings (SSSR count). The number of anilines is 1. The Morgan fingerprint density at radius 3 is 2.20 bits per heavy atom. The van der Waals surface area contributed by atoms with E-state index in [1.165, 1.54) is 16.9 Å². The van der Waals surface area contributed by atoms with Gasteiger partial charge in [-0.05, 0) is 66.9 Å². The average molecular weight is 443 g/mol. The Morgan fingerprint density at radius 1 is 0.933 bits per heavy atom. The molecule has 0 heterocycles. The number of carbonyl (C=O) groups is 1. The standard InChI is InChI=1S/C23H23ClN2O3S/c1-26(30(28,29)22-7-3-2-4-8-22)21-15-11-19(12-16-21)23(27)25-17-5-6-18-9-13-20(24)14-10-18/h2-4,7-16H,5-6,17H2,1H3,(H,25,27). The summed E-state index contributed by atoms with van der Waals surface area (Å²) in [5, 5.41) is 3.59. The van der Waals surface area contributed by atoms with Crippen LogP contribution in [0.1, 0.15) is 22.3 Å². The van der Waals surface area contributed by atoms with Crippen molar-refractivity contribution >= 4 is 33.2 Å². The maximum atomic E-state index is 12.7. The molecule has 0 spiro atoms. The Bertz CT molecular complexity index is 1080. The Morgan fingerprint density at radius 2 is 1.57 bits per heavy atom. The summed E-state index contributed by atoms with van der Waals surface area (Å²) >= 11 is 5.88. The highest BCUT2D eigenvalue weighted by Gasteiger charge is 2.21. The van der Waals surface area contributed by atoms with E-state index in [4.69, 9.17) is 11.6 Å². The number of carbonyl (C=O) groups excluding carboxylic acids is 1. The summed E-state index contributed by atoms with van der Waals surface area (Å²) < 4.78 is 26.6. The van der Waals surface area contributed by atoms with Crippen molar-refractivity contribution < 1.29 is 13.2 Å². The second-order valence-corrected chi connectivity index (χ2v) is 9.22. The smallest absolute Gasteiger partial charge is 0.264 e. The van der Waals surface area contributed by atoms with Crippen molar-refractivity contribution in [3.05, 3.63) is 95.0 Å². The predicted molar refractivity (Wildman–Crippen MR) is 121 cm³/mol. The van der Waals surface area contributed by atoms with Crippen LogP contribution in [0.4, 0.5) is 5.69 Å². The molecule has 0 unspecified atom stereocenters. The molecule has 0 saturated heterocycles. The lowest BCUT2D eigenvalue weighted by molar-refractivity contribution is 0.0953. The normalized spacial score (nSPS) is 11.1. The van der Waals surface area contributed by atoms with E-state index < -0.39 is 10.0 Å². The van der Waals surface area contributed by atoms with Crippen molar-refractivity contribution in [1.82, 2.24) is 5.32 Å². The van der Waals surface area contributed by atoms with Crippen molar-refractivity contribution in [3.8, 4) is 0 Å². The molecule has 0 aliphatic carbocycles. The summed E-state index contributed by atoms with van der Waals surface area (Å²) in [5.74, 6) is -0.189. The van der Waals surface area contributed by atoms with Crippen LogP contribution in [0.2, 0.25) is 5.02 Å². The molecule has 0 aromatic heterocycles. The molecule has 0 saturated carbocycles. The first-order valence-corrected chi connectivity index (χ1v) is 11.4. The fraction of sp³-hybridized carbons (Fsp3) is 0.174. The van der Waals surface area contributed by atoms with E-state index in [9.17, 15) is 13.2 Å². The minimum atomic E-state index is -3.65. The molecule has 7 heteroatoms. The molecule has 0 aliphatic rings. The predicted octanol–water partition coefficient (Wildman–Crippen LogP) is 4.53. The summed E-state index contributed by atoms with van der Waals surface area (Å²) in [6.07, 6.45) is 1.65. The Labute approximate surface area is 182 Å². The zero-order valence-electron chi connectivity index (χ0n) is 16.6. The van der Waals surface area contributed by atoms with Gasteiger partial charge in [0.2, 0.25) is 0 Å². The lowest BCUT2D eigenvalue weighted by atomic mass is 10.1. The molecule has 1 amide bonds. The van der Waals surface area contributed by atoms with E-state index in [1.807, 2.05) is 24.3 Å². The van der Waals surface area contributed by atoms with Crippen LogP contribution in [0.3, 0.4) is 0 Å². The van der Waals surface area contributed by atoms with Crippen LogP contribution in [0.15, 0.2) is 83.8 Å². The summed E-state index contributed by atoms with van der Waals surface area (Å²) in [7, 11) is -2.15. The average Bonchev–Trinajstić information content (AvgIpc) is 2.78. The molecular weight excluding hydrogens is 420 g/mol. The van der Waals surface area contributed by atoms with Gasteiger partial charge in [-0.1, -0.05) is 41.9 Å². The molecule has 0 radical (unpaired) electrons. The van der Waals surface area contributed by atoms with Crippen LogP contribution in [0, 0.1) is 0 Å². The fourth-order valence-corrected chi connectivity index (χ4v) is 4.30. The van der Waals surface area contributed by atoms with Gasteiger partial charge in [-0.3, -0.25) is 9.10 Å². The zero-order valence-corrected chi connectivity index (χ0v) is 18.2. The highest BCUT2D eigenvalue weighted by atomic mass is 35.5. The molecule has 156 valence electrons. The number of hydrogen-bond acceptors (Lipinski definition) is 3. The van der Waals surface area contributed by atoms with Gasteiger partial charge in [-0.2, -0.15) is 0 Å². The van der Waals surface area contributed by atoms with Gasteiger partial charge < -0.3 is 5.32 Å². The van der Waals surface area contributed by atoms with Crippen molar-refractivity contribution in [1.29, 1.82) is 0 Å². The molecule has 0 fully saturated rings. The van der Waals surface area contributed by atoms with Crippen molar-refractivity contribution in [3.63, 3.8) is 0 Å². The number of benzene rings is 3. The number of nitrogens with zero attached hydrogens (tertiary/aromatic N) is 1. The Kier molecular flexibility index (Phi) is 7.13. The molecule has 0 atom stereocenters. The number of hydrogen-bond donors (Lipinski definition) is 1. The number of amides is 1.